The van der Waals surface area contributed by atoms with Crippen LogP contribution in [0.3, 0.4) is 0 Å². The van der Waals surface area contributed by atoms with Crippen molar-refractivity contribution in [2.45, 2.75) is 31.3 Å². The van der Waals surface area contributed by atoms with Crippen molar-refractivity contribution in [1.29, 1.82) is 0 Å². The van der Waals surface area contributed by atoms with E-state index in [4.69, 9.17) is 0 Å². The SMILES string of the molecule is [NH3+][C@@H](Cc1ccccc1)C(=O)N1C[C@H]2C[C@@H](C1)c1cccc(=O)n1C2. The van der Waals surface area contributed by atoms with Gasteiger partial charge in [-0.1, -0.05) is 36.4 Å². The van der Waals surface area contributed by atoms with Gasteiger partial charge in [-0.2, -0.15) is 0 Å². The highest BCUT2D eigenvalue weighted by molar-refractivity contribution is 5.81. The van der Waals surface area contributed by atoms with Gasteiger partial charge in [-0.3, -0.25) is 9.59 Å². The fraction of sp³-hybridized carbons (Fsp3) is 0.400. The first-order valence-electron chi connectivity index (χ1n) is 8.97. The molecule has 3 heterocycles. The zero-order chi connectivity index (χ0) is 17.4. The molecule has 0 saturated carbocycles. The van der Waals surface area contributed by atoms with Crippen LogP contribution in [-0.4, -0.2) is 34.5 Å². The molecule has 1 aromatic heterocycles. The van der Waals surface area contributed by atoms with E-state index >= 15 is 0 Å². The summed E-state index contributed by atoms with van der Waals surface area (Å²) in [5.41, 5.74) is 6.41. The summed E-state index contributed by atoms with van der Waals surface area (Å²) in [5, 5.41) is 0. The molecule has 3 atom stereocenters. The molecule has 0 spiro atoms. The van der Waals surface area contributed by atoms with Gasteiger partial charge in [-0.25, -0.2) is 0 Å². The lowest BCUT2D eigenvalue weighted by Gasteiger charge is -2.43. The molecule has 0 unspecified atom stereocenters. The van der Waals surface area contributed by atoms with Gasteiger partial charge in [0.05, 0.1) is 0 Å². The Kier molecular flexibility index (Phi) is 4.17. The smallest absolute Gasteiger partial charge is 0.281 e. The van der Waals surface area contributed by atoms with Crippen molar-refractivity contribution in [3.8, 4) is 0 Å². The molecule has 1 amide bonds. The number of aromatic nitrogens is 1. The molecule has 4 rings (SSSR count). The quantitative estimate of drug-likeness (QED) is 0.893. The molecule has 0 aliphatic carbocycles. The van der Waals surface area contributed by atoms with Crippen LogP contribution in [0, 0.1) is 5.92 Å². The van der Waals surface area contributed by atoms with E-state index in [1.165, 1.54) is 0 Å². The number of likely N-dealkylation sites (tertiary alicyclic amines) is 1. The van der Waals surface area contributed by atoms with Gasteiger partial charge in [-0.05, 0) is 24.0 Å². The summed E-state index contributed by atoms with van der Waals surface area (Å²) >= 11 is 0. The number of nitrogens with zero attached hydrogens (tertiary/aromatic N) is 2. The zero-order valence-electron chi connectivity index (χ0n) is 14.3. The molecular weight excluding hydrogens is 314 g/mol. The summed E-state index contributed by atoms with van der Waals surface area (Å²) in [5.74, 6) is 0.749. The summed E-state index contributed by atoms with van der Waals surface area (Å²) in [4.78, 5) is 27.0. The number of amides is 1. The minimum Gasteiger partial charge on any atom is -0.347 e. The maximum Gasteiger partial charge on any atom is 0.281 e. The monoisotopic (exact) mass is 338 g/mol. The highest BCUT2D eigenvalue weighted by atomic mass is 16.2. The topological polar surface area (TPSA) is 70.0 Å². The Morgan fingerprint density at radius 1 is 1.08 bits per heavy atom. The van der Waals surface area contributed by atoms with Gasteiger partial charge in [0.25, 0.3) is 11.5 Å². The van der Waals surface area contributed by atoms with E-state index in [1.54, 1.807) is 6.07 Å². The minimum atomic E-state index is -0.265. The summed E-state index contributed by atoms with van der Waals surface area (Å²) in [6.45, 7) is 2.15. The molecule has 3 N–H and O–H groups in total. The Balaban J connectivity index is 1.50. The van der Waals surface area contributed by atoms with Crippen LogP contribution < -0.4 is 11.3 Å². The van der Waals surface area contributed by atoms with Gasteiger partial charge in [0.1, 0.15) is 0 Å². The van der Waals surface area contributed by atoms with Crippen molar-refractivity contribution in [1.82, 2.24) is 9.47 Å². The largest absolute Gasteiger partial charge is 0.347 e. The Labute approximate surface area is 147 Å². The molecule has 130 valence electrons. The number of piperidine rings is 1. The van der Waals surface area contributed by atoms with Crippen LogP contribution in [0.15, 0.2) is 53.3 Å². The van der Waals surface area contributed by atoms with Crippen molar-refractivity contribution in [3.05, 3.63) is 70.1 Å². The third kappa shape index (κ3) is 3.12. The first-order valence-corrected chi connectivity index (χ1v) is 8.97. The number of pyridine rings is 1. The number of fused-ring (bicyclic) bond motifs is 4. The Hall–Kier alpha value is -2.40. The molecule has 2 aliphatic rings. The van der Waals surface area contributed by atoms with Gasteiger partial charge in [0.2, 0.25) is 0 Å². The van der Waals surface area contributed by atoms with E-state index in [0.29, 0.717) is 18.9 Å². The third-order valence-electron chi connectivity index (χ3n) is 5.47. The van der Waals surface area contributed by atoms with Crippen molar-refractivity contribution < 1.29 is 10.5 Å². The second-order valence-corrected chi connectivity index (χ2v) is 7.33. The Bertz CT molecular complexity index is 830. The highest BCUT2D eigenvalue weighted by Gasteiger charge is 2.38. The normalized spacial score (nSPS) is 23.0. The van der Waals surface area contributed by atoms with E-state index in [9.17, 15) is 9.59 Å². The van der Waals surface area contributed by atoms with Gasteiger partial charge < -0.3 is 15.2 Å². The minimum absolute atomic E-state index is 0.0751. The van der Waals surface area contributed by atoms with Crippen molar-refractivity contribution in [3.63, 3.8) is 0 Å². The molecule has 1 aromatic carbocycles. The van der Waals surface area contributed by atoms with Crippen LogP contribution in [0.4, 0.5) is 0 Å². The van der Waals surface area contributed by atoms with Crippen LogP contribution in [0.5, 0.6) is 0 Å². The van der Waals surface area contributed by atoms with E-state index in [-0.39, 0.29) is 23.4 Å². The van der Waals surface area contributed by atoms with Crippen LogP contribution in [0.1, 0.15) is 23.6 Å². The molecule has 1 fully saturated rings. The van der Waals surface area contributed by atoms with Crippen LogP contribution in [-0.2, 0) is 17.8 Å². The molecule has 5 nitrogen and oxygen atoms in total. The lowest BCUT2D eigenvalue weighted by molar-refractivity contribution is -0.405. The number of rotatable bonds is 3. The summed E-state index contributed by atoms with van der Waals surface area (Å²) in [7, 11) is 0. The number of hydrogen-bond donors (Lipinski definition) is 1. The van der Waals surface area contributed by atoms with E-state index in [2.05, 4.69) is 5.73 Å². The fourth-order valence-corrected chi connectivity index (χ4v) is 4.32. The van der Waals surface area contributed by atoms with E-state index in [1.807, 2.05) is 51.9 Å². The highest BCUT2D eigenvalue weighted by Crippen LogP contribution is 2.35. The Morgan fingerprint density at radius 2 is 1.88 bits per heavy atom. The number of hydrogen-bond acceptors (Lipinski definition) is 2. The van der Waals surface area contributed by atoms with Gasteiger partial charge >= 0.3 is 0 Å². The summed E-state index contributed by atoms with van der Waals surface area (Å²) in [6, 6.07) is 15.3. The van der Waals surface area contributed by atoms with Crippen molar-refractivity contribution >= 4 is 5.91 Å². The summed E-state index contributed by atoms with van der Waals surface area (Å²) in [6.07, 6.45) is 1.73. The van der Waals surface area contributed by atoms with Crippen molar-refractivity contribution in [2.24, 2.45) is 5.92 Å². The van der Waals surface area contributed by atoms with E-state index in [0.717, 1.165) is 30.8 Å². The molecule has 2 aliphatic heterocycles. The van der Waals surface area contributed by atoms with Gasteiger partial charge in [-0.15, -0.1) is 0 Å². The predicted octanol–water partition coefficient (Wildman–Crippen LogP) is 0.647. The van der Waals surface area contributed by atoms with Crippen molar-refractivity contribution in [2.75, 3.05) is 13.1 Å². The number of benzene rings is 1. The first kappa shape index (κ1) is 16.1. The standard InChI is InChI=1S/C20H23N3O2/c21-17(10-14-5-2-1-3-6-14)20(25)22-11-15-9-16(13-22)18-7-4-8-19(24)23(18)12-15/h1-8,15-17H,9-13,21H2/p+1/t15-,16+,17+/m1/s1. The number of quaternary nitrogens is 1. The number of carbonyl (C=O) groups is 1. The van der Waals surface area contributed by atoms with E-state index < -0.39 is 0 Å². The third-order valence-corrected chi connectivity index (χ3v) is 5.47. The second kappa shape index (κ2) is 6.48. The fourth-order valence-electron chi connectivity index (χ4n) is 4.32. The molecule has 2 aromatic rings. The molecule has 1 saturated heterocycles. The van der Waals surface area contributed by atoms with Crippen LogP contribution >= 0.6 is 0 Å². The number of carbonyl (C=O) groups excluding carboxylic acids is 1. The van der Waals surface area contributed by atoms with Gasteiger partial charge in [0, 0.05) is 43.7 Å². The maximum atomic E-state index is 12.9. The predicted molar refractivity (Wildman–Crippen MR) is 95.0 cm³/mol. The molecule has 2 bridgehead atoms. The first-order chi connectivity index (χ1) is 12.1. The molecule has 0 radical (unpaired) electrons. The average molecular weight is 338 g/mol. The maximum absolute atomic E-state index is 12.9. The van der Waals surface area contributed by atoms with Crippen LogP contribution in [0.25, 0.3) is 0 Å². The molecular formula is C20H24N3O2+. The lowest BCUT2D eigenvalue weighted by atomic mass is 9.83. The lowest BCUT2D eigenvalue weighted by Crippen LogP contribution is -2.69. The van der Waals surface area contributed by atoms with Crippen LogP contribution in [0.2, 0.25) is 0 Å². The zero-order valence-corrected chi connectivity index (χ0v) is 14.3. The molecule has 25 heavy (non-hydrogen) atoms. The Morgan fingerprint density at radius 3 is 2.68 bits per heavy atom. The molecule has 5 heteroatoms. The average Bonchev–Trinajstić information content (AvgIpc) is 2.63. The van der Waals surface area contributed by atoms with Gasteiger partial charge in [0.15, 0.2) is 6.04 Å². The summed E-state index contributed by atoms with van der Waals surface area (Å²) < 4.78 is 1.90. The second-order valence-electron chi connectivity index (χ2n) is 7.33.